The van der Waals surface area contributed by atoms with Gasteiger partial charge >= 0.3 is 85.1 Å². The predicted molar refractivity (Wildman–Crippen MR) is 51.1 cm³/mol. The molecule has 0 aliphatic rings. The van der Waals surface area contributed by atoms with E-state index in [1.165, 1.54) is 12.1 Å². The van der Waals surface area contributed by atoms with Crippen LogP contribution >= 0.6 is 0 Å². The summed E-state index contributed by atoms with van der Waals surface area (Å²) in [6.45, 7) is 0. The first-order chi connectivity index (χ1) is 6.77. The van der Waals surface area contributed by atoms with Gasteiger partial charge in [0.15, 0.2) is 0 Å². The van der Waals surface area contributed by atoms with Crippen molar-refractivity contribution in [2.24, 2.45) is 0 Å². The molecule has 70 valence electrons. The average Bonchev–Trinajstić information content (AvgIpc) is 2.71. The molecule has 0 aliphatic carbocycles. The van der Waals surface area contributed by atoms with E-state index < -0.39 is 4.92 Å². The van der Waals surface area contributed by atoms with Gasteiger partial charge in [-0.15, -0.1) is 0 Å². The van der Waals surface area contributed by atoms with E-state index in [1.54, 1.807) is 12.1 Å². The van der Waals surface area contributed by atoms with Crippen molar-refractivity contribution < 1.29 is 4.92 Å². The molecule has 0 unspecified atom stereocenters. The maximum absolute atomic E-state index is 10.5. The molecule has 0 saturated carbocycles. The van der Waals surface area contributed by atoms with E-state index in [-0.39, 0.29) is 20.4 Å². The van der Waals surface area contributed by atoms with E-state index in [4.69, 9.17) is 0 Å². The molecule has 0 spiro atoms. The molecule has 14 heavy (non-hydrogen) atoms. The molecule has 0 aliphatic heterocycles. The Kier molecular flexibility index (Phi) is 2.39. The van der Waals surface area contributed by atoms with Gasteiger partial charge in [0.1, 0.15) is 0 Å². The van der Waals surface area contributed by atoms with Crippen molar-refractivity contribution in [3.63, 3.8) is 0 Å². The molecule has 0 N–H and O–H groups in total. The minimum atomic E-state index is -0.415. The van der Waals surface area contributed by atoms with Gasteiger partial charge in [0.05, 0.1) is 0 Å². The van der Waals surface area contributed by atoms with Crippen LogP contribution in [0, 0.1) is 10.1 Å². The van der Waals surface area contributed by atoms with Crippen molar-refractivity contribution in [2.45, 2.75) is 0 Å². The summed E-state index contributed by atoms with van der Waals surface area (Å²) in [5.74, 6) is 0. The third kappa shape index (κ3) is 1.71. The number of aromatic nitrogens is 2. The van der Waals surface area contributed by atoms with Crippen LogP contribution in [0.5, 0.6) is 0 Å². The molecule has 0 saturated heterocycles. The molecule has 5 nitrogen and oxygen atoms in total. The number of rotatable bonds is 2. The van der Waals surface area contributed by atoms with Crippen LogP contribution in [-0.4, -0.2) is 28.8 Å². The third-order valence-electron chi connectivity index (χ3n) is 1.71. The number of nitro groups is 1. The number of non-ortho nitro benzene ring substituents is 1. The molecular formula is C8H5N3O2Se. The molecule has 6 heteroatoms. The fourth-order valence-electron chi connectivity index (χ4n) is 1.07. The zero-order valence-corrected chi connectivity index (χ0v) is 8.67. The van der Waals surface area contributed by atoms with Crippen LogP contribution in [0.2, 0.25) is 0 Å². The van der Waals surface area contributed by atoms with Gasteiger partial charge in [-0.25, -0.2) is 0 Å². The molecule has 0 bridgehead atoms. The summed E-state index contributed by atoms with van der Waals surface area (Å²) >= 11 is 0.0555. The summed E-state index contributed by atoms with van der Waals surface area (Å²) in [5.41, 5.74) is 1.56. The Morgan fingerprint density at radius 1 is 1.43 bits per heavy atom. The maximum atomic E-state index is 10.5. The van der Waals surface area contributed by atoms with Crippen molar-refractivity contribution in [3.8, 4) is 11.3 Å². The van der Waals surface area contributed by atoms with Crippen LogP contribution in [0.3, 0.4) is 0 Å². The molecule has 1 aromatic heterocycles. The topological polar surface area (TPSA) is 68.9 Å². The molecule has 2 aromatic rings. The van der Waals surface area contributed by atoms with Crippen molar-refractivity contribution in [3.05, 3.63) is 39.3 Å². The first-order valence-electron chi connectivity index (χ1n) is 3.79. The number of hydrogen-bond acceptors (Lipinski definition) is 4. The molecule has 0 amide bonds. The van der Waals surface area contributed by atoms with Crippen molar-refractivity contribution in [1.29, 1.82) is 0 Å². The molecular weight excluding hydrogens is 249 g/mol. The Morgan fingerprint density at radius 3 is 2.93 bits per heavy atom. The van der Waals surface area contributed by atoms with Crippen LogP contribution in [0.25, 0.3) is 11.3 Å². The molecule has 2 rings (SSSR count). The summed E-state index contributed by atoms with van der Waals surface area (Å²) in [6, 6.07) is 6.40. The van der Waals surface area contributed by atoms with E-state index in [0.29, 0.717) is 0 Å². The van der Waals surface area contributed by atoms with Crippen molar-refractivity contribution >= 4 is 20.4 Å². The van der Waals surface area contributed by atoms with E-state index >= 15 is 0 Å². The van der Waals surface area contributed by atoms with Gasteiger partial charge in [0, 0.05) is 0 Å². The summed E-state index contributed by atoms with van der Waals surface area (Å²) in [6.07, 6.45) is 0. The van der Waals surface area contributed by atoms with Gasteiger partial charge in [-0.1, -0.05) is 0 Å². The van der Waals surface area contributed by atoms with E-state index in [0.717, 1.165) is 11.3 Å². The van der Waals surface area contributed by atoms with Crippen LogP contribution < -0.4 is 0 Å². The van der Waals surface area contributed by atoms with Crippen LogP contribution in [0.1, 0.15) is 0 Å². The minimum absolute atomic E-state index is 0.0555. The molecule has 0 fully saturated rings. The van der Waals surface area contributed by atoms with Gasteiger partial charge in [-0.3, -0.25) is 0 Å². The summed E-state index contributed by atoms with van der Waals surface area (Å²) < 4.78 is 3.84. The van der Waals surface area contributed by atoms with Crippen LogP contribution in [0.4, 0.5) is 5.69 Å². The average molecular weight is 254 g/mol. The second-order valence-electron chi connectivity index (χ2n) is 2.60. The second-order valence-corrected chi connectivity index (χ2v) is 3.88. The van der Waals surface area contributed by atoms with Gasteiger partial charge in [0.2, 0.25) is 0 Å². The fraction of sp³-hybridized carbons (Fsp3) is 0. The van der Waals surface area contributed by atoms with Crippen LogP contribution in [-0.2, 0) is 0 Å². The summed E-state index contributed by atoms with van der Waals surface area (Å²) in [7, 11) is 0. The molecule has 0 atom stereocenters. The van der Waals surface area contributed by atoms with Gasteiger partial charge < -0.3 is 0 Å². The molecule has 1 aromatic carbocycles. The Morgan fingerprint density at radius 2 is 2.29 bits per heavy atom. The molecule has 0 radical (unpaired) electrons. The van der Waals surface area contributed by atoms with Crippen molar-refractivity contribution in [1.82, 2.24) is 9.19 Å². The van der Waals surface area contributed by atoms with E-state index in [1.807, 2.05) is 4.94 Å². The third-order valence-corrected chi connectivity index (χ3v) is 2.77. The zero-order chi connectivity index (χ0) is 9.97. The predicted octanol–water partition coefficient (Wildman–Crippen LogP) is 1.11. The fourth-order valence-corrected chi connectivity index (χ4v) is 2.05. The number of benzene rings is 1. The van der Waals surface area contributed by atoms with E-state index in [2.05, 4.69) is 9.19 Å². The van der Waals surface area contributed by atoms with Gasteiger partial charge in [-0.05, 0) is 0 Å². The standard InChI is InChI=1S/C8H5N3O2Se/c12-11(13)7-3-1-2-6(4-7)8-5-14-10-9-8/h1-5H. The van der Waals surface area contributed by atoms with Crippen LogP contribution in [0.15, 0.2) is 29.2 Å². The van der Waals surface area contributed by atoms with Gasteiger partial charge in [0.25, 0.3) is 0 Å². The number of nitrogens with zero attached hydrogens (tertiary/aromatic N) is 3. The van der Waals surface area contributed by atoms with E-state index in [9.17, 15) is 10.1 Å². The first-order valence-corrected chi connectivity index (χ1v) is 5.55. The number of hydrogen-bond donors (Lipinski definition) is 0. The number of nitro benzene ring substituents is 1. The normalized spacial score (nSPS) is 10.0. The quantitative estimate of drug-likeness (QED) is 0.457. The molecule has 1 heterocycles. The Balaban J connectivity index is 2.46. The van der Waals surface area contributed by atoms with Gasteiger partial charge in [-0.2, -0.15) is 0 Å². The van der Waals surface area contributed by atoms with Crippen molar-refractivity contribution in [2.75, 3.05) is 0 Å². The Hall–Kier alpha value is -1.52. The monoisotopic (exact) mass is 255 g/mol. The first kappa shape index (κ1) is 9.05. The summed E-state index contributed by atoms with van der Waals surface area (Å²) in [4.78, 5) is 12.0. The Bertz CT molecular complexity index is 455. The zero-order valence-electron chi connectivity index (χ0n) is 6.95. The summed E-state index contributed by atoms with van der Waals surface area (Å²) in [5, 5.41) is 14.4. The Labute approximate surface area is 85.5 Å². The second kappa shape index (κ2) is 3.69. The SMILES string of the molecule is O=[N+]([O-])c1cccc(-c2c[se]nn2)c1.